The van der Waals surface area contributed by atoms with Crippen LogP contribution in [0.1, 0.15) is 37.0 Å². The normalized spacial score (nSPS) is 26.1. The Labute approximate surface area is 124 Å². The zero-order valence-corrected chi connectivity index (χ0v) is 12.3. The highest BCUT2D eigenvalue weighted by Gasteiger charge is 2.50. The van der Waals surface area contributed by atoms with Crippen LogP contribution in [0.3, 0.4) is 0 Å². The van der Waals surface area contributed by atoms with Gasteiger partial charge in [0.1, 0.15) is 5.75 Å². The van der Waals surface area contributed by atoms with Gasteiger partial charge in [0, 0.05) is 0 Å². The van der Waals surface area contributed by atoms with Gasteiger partial charge in [0.25, 0.3) is 5.91 Å². The van der Waals surface area contributed by atoms with Crippen molar-refractivity contribution in [1.29, 1.82) is 0 Å². The summed E-state index contributed by atoms with van der Waals surface area (Å²) in [6.07, 6.45) is 6.29. The van der Waals surface area contributed by atoms with Gasteiger partial charge in [-0.05, 0) is 47.8 Å². The lowest BCUT2D eigenvalue weighted by molar-refractivity contribution is -0.00126. The number of hydrogen-bond acceptors (Lipinski definition) is 3. The van der Waals surface area contributed by atoms with Crippen LogP contribution in [0.2, 0.25) is 0 Å². The summed E-state index contributed by atoms with van der Waals surface area (Å²) in [5, 5.41) is 13.7. The SMILES string of the molecule is CC1(C)[C@@H]2CC=C(/C=N\NC(=O)c3ccccc3O)[C@@H]1C2. The standard InChI is InChI=1S/C17H20N2O2/c1-17(2)12-8-7-11(14(17)9-12)10-18-19-16(21)13-5-3-4-6-15(13)20/h3-7,10,12,14,20H,8-9H2,1-2H3,(H,19,21)/b18-10-/t12-,14+/m1/s1. The monoisotopic (exact) mass is 284 g/mol. The van der Waals surface area contributed by atoms with Gasteiger partial charge in [-0.2, -0.15) is 5.10 Å². The number of hydrogen-bond donors (Lipinski definition) is 2. The summed E-state index contributed by atoms with van der Waals surface area (Å²) in [5.41, 5.74) is 4.27. The Bertz CT molecular complexity index is 631. The number of phenolic OH excluding ortho intramolecular Hbond substituents is 1. The Morgan fingerprint density at radius 1 is 1.43 bits per heavy atom. The fraction of sp³-hybridized carbons (Fsp3) is 0.412. The molecule has 4 heteroatoms. The van der Waals surface area contributed by atoms with Crippen LogP contribution in [-0.4, -0.2) is 17.2 Å². The average molecular weight is 284 g/mol. The van der Waals surface area contributed by atoms with Gasteiger partial charge in [-0.3, -0.25) is 4.79 Å². The van der Waals surface area contributed by atoms with Gasteiger partial charge in [-0.25, -0.2) is 5.43 Å². The highest BCUT2D eigenvalue weighted by Crippen LogP contribution is 2.58. The van der Waals surface area contributed by atoms with Crippen molar-refractivity contribution in [3.63, 3.8) is 0 Å². The zero-order chi connectivity index (χ0) is 15.0. The Balaban J connectivity index is 1.65. The lowest BCUT2D eigenvalue weighted by Crippen LogP contribution is -2.48. The van der Waals surface area contributed by atoms with E-state index < -0.39 is 5.91 Å². The highest BCUT2D eigenvalue weighted by molar-refractivity contribution is 5.97. The van der Waals surface area contributed by atoms with Crippen LogP contribution < -0.4 is 5.43 Å². The van der Waals surface area contributed by atoms with E-state index in [1.807, 2.05) is 0 Å². The number of carbonyl (C=O) groups is 1. The highest BCUT2D eigenvalue weighted by atomic mass is 16.3. The molecule has 0 radical (unpaired) electrons. The number of para-hydroxylation sites is 1. The van der Waals surface area contributed by atoms with Gasteiger partial charge >= 0.3 is 0 Å². The quantitative estimate of drug-likeness (QED) is 0.662. The number of phenols is 1. The van der Waals surface area contributed by atoms with Crippen LogP contribution in [-0.2, 0) is 0 Å². The first-order chi connectivity index (χ1) is 10.00. The van der Waals surface area contributed by atoms with Crippen LogP contribution >= 0.6 is 0 Å². The van der Waals surface area contributed by atoms with E-state index in [1.54, 1.807) is 24.4 Å². The number of benzene rings is 1. The molecule has 1 aromatic rings. The molecule has 0 spiro atoms. The number of allylic oxidation sites excluding steroid dienone is 2. The molecule has 1 amide bonds. The maximum absolute atomic E-state index is 11.9. The summed E-state index contributed by atoms with van der Waals surface area (Å²) < 4.78 is 0. The third kappa shape index (κ3) is 2.35. The Hall–Kier alpha value is -2.10. The van der Waals surface area contributed by atoms with Crippen LogP contribution in [0.15, 0.2) is 41.0 Å². The minimum atomic E-state index is -0.397. The van der Waals surface area contributed by atoms with Gasteiger partial charge in [-0.15, -0.1) is 0 Å². The molecule has 0 unspecified atom stereocenters. The van der Waals surface area contributed by atoms with Crippen molar-refractivity contribution >= 4 is 12.1 Å². The molecule has 3 aliphatic rings. The number of fused-ring (bicyclic) bond motifs is 1. The molecule has 1 aromatic carbocycles. The Kier molecular flexibility index (Phi) is 3.32. The van der Waals surface area contributed by atoms with E-state index in [-0.39, 0.29) is 11.3 Å². The van der Waals surface area contributed by atoms with Gasteiger partial charge < -0.3 is 5.11 Å². The molecule has 2 atom stereocenters. The minimum absolute atomic E-state index is 0.0370. The second kappa shape index (κ2) is 5.02. The van der Waals surface area contributed by atoms with E-state index in [9.17, 15) is 9.90 Å². The van der Waals surface area contributed by atoms with Crippen LogP contribution in [0.4, 0.5) is 0 Å². The largest absolute Gasteiger partial charge is 0.507 e. The molecule has 0 aromatic heterocycles. The van der Waals surface area contributed by atoms with Gasteiger partial charge in [0.05, 0.1) is 11.8 Å². The number of nitrogens with zero attached hydrogens (tertiary/aromatic N) is 1. The lowest BCUT2D eigenvalue weighted by Gasteiger charge is -2.55. The average Bonchev–Trinajstić information content (AvgIpc) is 2.47. The molecule has 21 heavy (non-hydrogen) atoms. The van der Waals surface area contributed by atoms with Crippen molar-refractivity contribution in [3.05, 3.63) is 41.5 Å². The van der Waals surface area contributed by atoms with Gasteiger partial charge in [0.15, 0.2) is 0 Å². The fourth-order valence-electron chi connectivity index (χ4n) is 3.44. The maximum atomic E-state index is 11.9. The van der Waals surface area contributed by atoms with Crippen LogP contribution in [0.25, 0.3) is 0 Å². The smallest absolute Gasteiger partial charge is 0.275 e. The summed E-state index contributed by atoms with van der Waals surface area (Å²) >= 11 is 0. The van der Waals surface area contributed by atoms with E-state index in [2.05, 4.69) is 30.5 Å². The molecule has 1 fully saturated rings. The van der Waals surface area contributed by atoms with E-state index in [1.165, 1.54) is 18.1 Å². The molecule has 110 valence electrons. The number of amides is 1. The summed E-state index contributed by atoms with van der Waals surface area (Å²) in [5.74, 6) is 0.897. The topological polar surface area (TPSA) is 61.7 Å². The lowest BCUT2D eigenvalue weighted by atomic mass is 9.49. The molecule has 2 N–H and O–H groups in total. The summed E-state index contributed by atoms with van der Waals surface area (Å²) in [6, 6.07) is 6.44. The van der Waals surface area contributed by atoms with Crippen molar-refractivity contribution < 1.29 is 9.90 Å². The number of carbonyl (C=O) groups excluding carboxylic acids is 1. The van der Waals surface area contributed by atoms with Crippen molar-refractivity contribution in [2.45, 2.75) is 26.7 Å². The third-order valence-electron chi connectivity index (χ3n) is 5.04. The predicted molar refractivity (Wildman–Crippen MR) is 82.1 cm³/mol. The number of nitrogens with one attached hydrogen (secondary N) is 1. The molecule has 0 aliphatic heterocycles. The number of rotatable bonds is 3. The molecule has 4 rings (SSSR count). The Morgan fingerprint density at radius 3 is 2.86 bits per heavy atom. The second-order valence-electron chi connectivity index (χ2n) is 6.46. The van der Waals surface area contributed by atoms with Crippen molar-refractivity contribution in [2.24, 2.45) is 22.4 Å². The molecule has 3 aliphatic carbocycles. The van der Waals surface area contributed by atoms with Crippen molar-refractivity contribution in [1.82, 2.24) is 5.43 Å². The van der Waals surface area contributed by atoms with Crippen molar-refractivity contribution in [2.75, 3.05) is 0 Å². The first-order valence-electron chi connectivity index (χ1n) is 7.31. The molecule has 4 nitrogen and oxygen atoms in total. The number of aromatic hydroxyl groups is 1. The molecule has 2 bridgehead atoms. The first-order valence-corrected chi connectivity index (χ1v) is 7.31. The Morgan fingerprint density at radius 2 is 2.19 bits per heavy atom. The van der Waals surface area contributed by atoms with Gasteiger partial charge in [-0.1, -0.05) is 32.1 Å². The molecular weight excluding hydrogens is 264 g/mol. The minimum Gasteiger partial charge on any atom is -0.507 e. The predicted octanol–water partition coefficient (Wildman–Crippen LogP) is 3.10. The molecule has 0 heterocycles. The van der Waals surface area contributed by atoms with Crippen molar-refractivity contribution in [3.8, 4) is 5.75 Å². The summed E-state index contributed by atoms with van der Waals surface area (Å²) in [4.78, 5) is 11.9. The van der Waals surface area contributed by atoms with Crippen LogP contribution in [0, 0.1) is 17.3 Å². The fourth-order valence-corrected chi connectivity index (χ4v) is 3.44. The molecular formula is C17H20N2O2. The van der Waals surface area contributed by atoms with Gasteiger partial charge in [0.2, 0.25) is 0 Å². The van der Waals surface area contributed by atoms with E-state index in [0.29, 0.717) is 11.3 Å². The van der Waals surface area contributed by atoms with E-state index in [4.69, 9.17) is 0 Å². The summed E-state index contributed by atoms with van der Waals surface area (Å²) in [6.45, 7) is 4.60. The van der Waals surface area contributed by atoms with Crippen LogP contribution in [0.5, 0.6) is 5.75 Å². The maximum Gasteiger partial charge on any atom is 0.275 e. The third-order valence-corrected chi connectivity index (χ3v) is 5.04. The number of hydrazone groups is 1. The summed E-state index contributed by atoms with van der Waals surface area (Å²) in [7, 11) is 0. The molecule has 0 saturated heterocycles. The van der Waals surface area contributed by atoms with E-state index >= 15 is 0 Å². The zero-order valence-electron chi connectivity index (χ0n) is 12.3. The first kappa shape index (κ1) is 13.9. The molecule has 1 saturated carbocycles. The van der Waals surface area contributed by atoms with E-state index in [0.717, 1.165) is 12.3 Å². The second-order valence-corrected chi connectivity index (χ2v) is 6.46.